The summed E-state index contributed by atoms with van der Waals surface area (Å²) in [6.45, 7) is 3.67. The van der Waals surface area contributed by atoms with Crippen LogP contribution in [0.4, 0.5) is 4.79 Å². The van der Waals surface area contributed by atoms with E-state index < -0.39 is 6.09 Å². The molecule has 1 amide bonds. The molecule has 4 N–H and O–H groups in total. The summed E-state index contributed by atoms with van der Waals surface area (Å²) in [6.07, 6.45) is -0.691. The lowest BCUT2D eigenvalue weighted by molar-refractivity contribution is 0.0756. The predicted molar refractivity (Wildman–Crippen MR) is 32.1 cm³/mol. The van der Waals surface area contributed by atoms with Gasteiger partial charge in [-0.25, -0.2) is 10.6 Å². The molecule has 5 nitrogen and oxygen atoms in total. The predicted octanol–water partition coefficient (Wildman–Crippen LogP) is -0.501. The van der Waals surface area contributed by atoms with Gasteiger partial charge in [-0.1, -0.05) is 0 Å². The van der Waals surface area contributed by atoms with Crippen LogP contribution in [0.25, 0.3) is 0 Å². The summed E-state index contributed by atoms with van der Waals surface area (Å²) in [6, 6.07) is 0.0994. The standard InChI is InChI=1S/C4H11N3O2/c1-3(2)7-9-4(8)6-5/h3,7H,5H2,1-2H3,(H,6,8). The van der Waals surface area contributed by atoms with Crippen molar-refractivity contribution in [2.45, 2.75) is 19.9 Å². The maximum absolute atomic E-state index is 10.2. The Labute approximate surface area is 53.5 Å². The van der Waals surface area contributed by atoms with E-state index in [4.69, 9.17) is 5.84 Å². The Balaban J connectivity index is 3.17. The molecule has 0 bridgehead atoms. The fourth-order valence-electron chi connectivity index (χ4n) is 0.201. The van der Waals surface area contributed by atoms with E-state index in [0.29, 0.717) is 0 Å². The van der Waals surface area contributed by atoms with Gasteiger partial charge in [-0.05, 0) is 13.8 Å². The normalized spacial score (nSPS) is 9.33. The zero-order valence-corrected chi connectivity index (χ0v) is 5.47. The Kier molecular flexibility index (Phi) is 3.74. The molecule has 5 heteroatoms. The lowest BCUT2D eigenvalue weighted by Gasteiger charge is -2.06. The summed E-state index contributed by atoms with van der Waals surface area (Å²) in [5, 5.41) is 0. The summed E-state index contributed by atoms with van der Waals surface area (Å²) in [4.78, 5) is 14.5. The summed E-state index contributed by atoms with van der Waals surface area (Å²) in [5.41, 5.74) is 4.20. The van der Waals surface area contributed by atoms with Gasteiger partial charge < -0.3 is 4.84 Å². The van der Waals surface area contributed by atoms with Crippen LogP contribution in [0.15, 0.2) is 0 Å². The molecule has 9 heavy (non-hydrogen) atoms. The minimum Gasteiger partial charge on any atom is -0.353 e. The number of amides is 1. The fourth-order valence-corrected chi connectivity index (χ4v) is 0.201. The van der Waals surface area contributed by atoms with Crippen LogP contribution in [-0.2, 0) is 4.84 Å². The van der Waals surface area contributed by atoms with E-state index >= 15 is 0 Å². The Morgan fingerprint density at radius 1 is 1.67 bits per heavy atom. The average molecular weight is 133 g/mol. The molecule has 0 fully saturated rings. The molecule has 0 unspecified atom stereocenters. The Morgan fingerprint density at radius 2 is 2.22 bits per heavy atom. The van der Waals surface area contributed by atoms with E-state index in [1.54, 1.807) is 5.43 Å². The number of hydrogen-bond acceptors (Lipinski definition) is 4. The van der Waals surface area contributed by atoms with Gasteiger partial charge in [0.15, 0.2) is 0 Å². The maximum atomic E-state index is 10.2. The molecule has 0 saturated heterocycles. The number of nitrogens with one attached hydrogen (secondary N) is 2. The molecule has 0 aliphatic rings. The molecule has 0 saturated carbocycles. The van der Waals surface area contributed by atoms with E-state index in [1.165, 1.54) is 0 Å². The molecule has 0 spiro atoms. The van der Waals surface area contributed by atoms with Crippen LogP contribution in [0.2, 0.25) is 0 Å². The molecule has 0 atom stereocenters. The molecular weight excluding hydrogens is 122 g/mol. The Hall–Kier alpha value is -0.810. The van der Waals surface area contributed by atoms with E-state index in [-0.39, 0.29) is 6.04 Å². The van der Waals surface area contributed by atoms with Crippen molar-refractivity contribution in [1.29, 1.82) is 0 Å². The van der Waals surface area contributed by atoms with Crippen LogP contribution in [0.5, 0.6) is 0 Å². The Morgan fingerprint density at radius 3 is 2.56 bits per heavy atom. The number of hydroxylamine groups is 1. The third-order valence-corrected chi connectivity index (χ3v) is 0.505. The molecule has 0 heterocycles. The highest BCUT2D eigenvalue weighted by molar-refractivity contribution is 5.65. The largest absolute Gasteiger partial charge is 0.440 e. The second-order valence-corrected chi connectivity index (χ2v) is 1.81. The van der Waals surface area contributed by atoms with E-state index in [1.807, 2.05) is 13.8 Å². The summed E-state index contributed by atoms with van der Waals surface area (Å²) in [5.74, 6) is 4.69. The lowest BCUT2D eigenvalue weighted by atomic mass is 10.4. The number of nitrogens with two attached hydrogens (primary N) is 1. The van der Waals surface area contributed by atoms with Crippen LogP contribution in [0.1, 0.15) is 13.8 Å². The summed E-state index contributed by atoms with van der Waals surface area (Å²) >= 11 is 0. The van der Waals surface area contributed by atoms with Crippen molar-refractivity contribution >= 4 is 6.09 Å². The van der Waals surface area contributed by atoms with Crippen molar-refractivity contribution in [3.05, 3.63) is 0 Å². The van der Waals surface area contributed by atoms with Crippen LogP contribution < -0.4 is 16.7 Å². The lowest BCUT2D eigenvalue weighted by Crippen LogP contribution is -2.37. The van der Waals surface area contributed by atoms with Crippen LogP contribution in [0.3, 0.4) is 0 Å². The monoisotopic (exact) mass is 133 g/mol. The first-order chi connectivity index (χ1) is 4.16. The molecule has 0 aromatic heterocycles. The van der Waals surface area contributed by atoms with Crippen molar-refractivity contribution in [1.82, 2.24) is 10.9 Å². The first-order valence-electron chi connectivity index (χ1n) is 2.59. The van der Waals surface area contributed by atoms with Crippen molar-refractivity contribution in [2.75, 3.05) is 0 Å². The first kappa shape index (κ1) is 8.19. The van der Waals surface area contributed by atoms with E-state index in [2.05, 4.69) is 10.3 Å². The second-order valence-electron chi connectivity index (χ2n) is 1.81. The minimum atomic E-state index is -0.691. The van der Waals surface area contributed by atoms with Crippen LogP contribution >= 0.6 is 0 Å². The fraction of sp³-hybridized carbons (Fsp3) is 0.750. The van der Waals surface area contributed by atoms with Gasteiger partial charge in [0, 0.05) is 6.04 Å². The number of carbonyl (C=O) groups is 1. The van der Waals surface area contributed by atoms with Crippen LogP contribution in [0, 0.1) is 0 Å². The van der Waals surface area contributed by atoms with Crippen molar-refractivity contribution in [3.63, 3.8) is 0 Å². The van der Waals surface area contributed by atoms with Gasteiger partial charge in [0.05, 0.1) is 0 Å². The zero-order valence-electron chi connectivity index (χ0n) is 5.47. The molecule has 0 aromatic rings. The number of rotatable bonds is 2. The SMILES string of the molecule is CC(C)NOC(=O)NN. The highest BCUT2D eigenvalue weighted by Gasteiger charge is 1.97. The highest BCUT2D eigenvalue weighted by atomic mass is 16.7. The number of hydrazine groups is 1. The highest BCUT2D eigenvalue weighted by Crippen LogP contribution is 1.75. The molecule has 0 aliphatic heterocycles. The summed E-state index contributed by atoms with van der Waals surface area (Å²) in [7, 11) is 0. The van der Waals surface area contributed by atoms with Gasteiger partial charge in [-0.3, -0.25) is 5.43 Å². The maximum Gasteiger partial charge on any atom is 0.440 e. The van der Waals surface area contributed by atoms with Gasteiger partial charge in [0.1, 0.15) is 0 Å². The molecule has 54 valence electrons. The summed E-state index contributed by atoms with van der Waals surface area (Å²) < 4.78 is 0. The van der Waals surface area contributed by atoms with Crippen molar-refractivity contribution in [2.24, 2.45) is 5.84 Å². The third-order valence-electron chi connectivity index (χ3n) is 0.505. The topological polar surface area (TPSA) is 76.4 Å². The van der Waals surface area contributed by atoms with Gasteiger partial charge in [0.2, 0.25) is 0 Å². The second kappa shape index (κ2) is 4.11. The first-order valence-corrected chi connectivity index (χ1v) is 2.59. The van der Waals surface area contributed by atoms with Gasteiger partial charge >= 0.3 is 6.09 Å². The molecule has 0 aliphatic carbocycles. The van der Waals surface area contributed by atoms with Gasteiger partial charge in [0.25, 0.3) is 0 Å². The van der Waals surface area contributed by atoms with Crippen LogP contribution in [-0.4, -0.2) is 12.1 Å². The van der Waals surface area contributed by atoms with Gasteiger partial charge in [-0.15, -0.1) is 5.48 Å². The smallest absolute Gasteiger partial charge is 0.353 e. The molecular formula is C4H11N3O2. The quantitative estimate of drug-likeness (QED) is 0.269. The van der Waals surface area contributed by atoms with Crippen molar-refractivity contribution in [3.8, 4) is 0 Å². The number of carbonyl (C=O) groups excluding carboxylic acids is 1. The molecule has 0 rings (SSSR count). The molecule has 0 aromatic carbocycles. The van der Waals surface area contributed by atoms with E-state index in [9.17, 15) is 4.79 Å². The minimum absolute atomic E-state index is 0.0994. The Bertz CT molecular complexity index is 93.8. The van der Waals surface area contributed by atoms with Gasteiger partial charge in [-0.2, -0.15) is 0 Å². The van der Waals surface area contributed by atoms with E-state index in [0.717, 1.165) is 0 Å². The molecule has 0 radical (unpaired) electrons. The zero-order chi connectivity index (χ0) is 7.28. The van der Waals surface area contributed by atoms with Crippen molar-refractivity contribution < 1.29 is 9.63 Å². The number of hydrogen-bond donors (Lipinski definition) is 3. The average Bonchev–Trinajstić information content (AvgIpc) is 1.83. The third kappa shape index (κ3) is 5.05.